The Morgan fingerprint density at radius 1 is 1.00 bits per heavy atom. The molecule has 0 radical (unpaired) electrons. The monoisotopic (exact) mass is 600 g/mol. The molecule has 2 aromatic heterocycles. The average Bonchev–Trinajstić information content (AvgIpc) is 3.33. The summed E-state index contributed by atoms with van der Waals surface area (Å²) in [4.78, 5) is 36.5. The maximum Gasteiger partial charge on any atom is 0.435 e. The summed E-state index contributed by atoms with van der Waals surface area (Å²) in [5.41, 5.74) is 9.23. The number of aromatic nitrogens is 3. The Morgan fingerprint density at radius 3 is 2.47 bits per heavy atom. The van der Waals surface area contributed by atoms with Crippen LogP contribution in [0.1, 0.15) is 17.0 Å². The van der Waals surface area contributed by atoms with Gasteiger partial charge < -0.3 is 19.8 Å². The summed E-state index contributed by atoms with van der Waals surface area (Å²) in [5, 5.41) is 0.651. The highest BCUT2D eigenvalue weighted by Gasteiger charge is 2.30. The van der Waals surface area contributed by atoms with Crippen molar-refractivity contribution in [3.8, 4) is 0 Å². The van der Waals surface area contributed by atoms with Gasteiger partial charge in [0.25, 0.3) is 10.0 Å². The standard InChI is InChI=1S/C30H28N6O6S/c1-35-24-14-13-22(17-23(24)33-26(35)16-19-9-11-21(12-10-19)29(31)34-30(38)42-3)36(18-27(37)41-2)43(39,40)25-8-4-6-20-7-5-15-32-28(20)25/h4-15,17H,16,18H2,1-3H3,(H2,31,34,38). The number of esters is 1. The molecule has 43 heavy (non-hydrogen) atoms. The third-order valence-corrected chi connectivity index (χ3v) is 8.71. The quantitative estimate of drug-likeness (QED) is 0.160. The summed E-state index contributed by atoms with van der Waals surface area (Å²) in [6, 6.07) is 20.6. The molecule has 0 aliphatic heterocycles. The molecule has 2 N–H and O–H groups in total. The van der Waals surface area contributed by atoms with Crippen LogP contribution >= 0.6 is 0 Å². The first-order chi connectivity index (χ1) is 20.6. The summed E-state index contributed by atoms with van der Waals surface area (Å²) in [6.45, 7) is -0.540. The largest absolute Gasteiger partial charge is 0.468 e. The number of nitrogens with two attached hydrogens (primary N) is 1. The Labute approximate surface area is 247 Å². The second-order valence-corrected chi connectivity index (χ2v) is 11.4. The van der Waals surface area contributed by atoms with Crippen molar-refractivity contribution in [3.05, 3.63) is 95.9 Å². The molecule has 0 aliphatic rings. The number of para-hydroxylation sites is 1. The van der Waals surface area contributed by atoms with Gasteiger partial charge in [-0.1, -0.05) is 42.5 Å². The molecular weight excluding hydrogens is 572 g/mol. The van der Waals surface area contributed by atoms with Gasteiger partial charge >= 0.3 is 12.1 Å². The minimum Gasteiger partial charge on any atom is -0.468 e. The molecule has 2 heterocycles. The molecule has 0 unspecified atom stereocenters. The van der Waals surface area contributed by atoms with Gasteiger partial charge in [0, 0.05) is 30.6 Å². The van der Waals surface area contributed by atoms with Crippen LogP contribution in [-0.2, 0) is 37.8 Å². The summed E-state index contributed by atoms with van der Waals surface area (Å²) in [7, 11) is 0.0495. The summed E-state index contributed by atoms with van der Waals surface area (Å²) < 4.78 is 40.3. The van der Waals surface area contributed by atoms with Crippen molar-refractivity contribution in [1.82, 2.24) is 14.5 Å². The molecule has 0 aliphatic carbocycles. The molecule has 1 amide bonds. The van der Waals surface area contributed by atoms with E-state index >= 15 is 0 Å². The first-order valence-corrected chi connectivity index (χ1v) is 14.5. The van der Waals surface area contributed by atoms with Crippen LogP contribution in [0, 0.1) is 0 Å². The van der Waals surface area contributed by atoms with Crippen molar-refractivity contribution in [2.45, 2.75) is 11.3 Å². The Morgan fingerprint density at radius 2 is 1.74 bits per heavy atom. The smallest absolute Gasteiger partial charge is 0.435 e. The lowest BCUT2D eigenvalue weighted by atomic mass is 10.1. The van der Waals surface area contributed by atoms with E-state index in [2.05, 4.69) is 14.7 Å². The van der Waals surface area contributed by atoms with E-state index in [1.165, 1.54) is 26.5 Å². The molecule has 0 spiro atoms. The Balaban J connectivity index is 1.50. The molecular formula is C30H28N6O6S. The first kappa shape index (κ1) is 29.2. The van der Waals surface area contributed by atoms with Crippen LogP contribution in [0.5, 0.6) is 0 Å². The molecule has 12 nitrogen and oxygen atoms in total. The number of anilines is 1. The fourth-order valence-electron chi connectivity index (χ4n) is 4.64. The van der Waals surface area contributed by atoms with Crippen molar-refractivity contribution < 1.29 is 27.5 Å². The minimum atomic E-state index is -4.24. The van der Waals surface area contributed by atoms with E-state index in [0.717, 1.165) is 21.2 Å². The number of carbonyl (C=O) groups is 2. The highest BCUT2D eigenvalue weighted by Crippen LogP contribution is 2.30. The molecule has 0 saturated carbocycles. The number of aryl methyl sites for hydroxylation is 1. The van der Waals surface area contributed by atoms with Gasteiger partial charge in [-0.25, -0.2) is 18.2 Å². The average molecular weight is 601 g/mol. The Kier molecular flexibility index (Phi) is 8.08. The predicted molar refractivity (Wildman–Crippen MR) is 161 cm³/mol. The number of hydrogen-bond donors (Lipinski definition) is 1. The number of amidine groups is 1. The normalized spacial score (nSPS) is 11.9. The van der Waals surface area contributed by atoms with Crippen molar-refractivity contribution in [3.63, 3.8) is 0 Å². The van der Waals surface area contributed by atoms with Crippen molar-refractivity contribution >= 4 is 55.5 Å². The van der Waals surface area contributed by atoms with Gasteiger partial charge in [0.15, 0.2) is 0 Å². The number of carbonyl (C=O) groups excluding carboxylic acids is 2. The van der Waals surface area contributed by atoms with Crippen molar-refractivity contribution in [2.24, 2.45) is 17.8 Å². The topological polar surface area (TPSA) is 159 Å². The fraction of sp³-hybridized carbons (Fsp3) is 0.167. The van der Waals surface area contributed by atoms with E-state index in [0.29, 0.717) is 28.4 Å². The number of fused-ring (bicyclic) bond motifs is 2. The van der Waals surface area contributed by atoms with Crippen LogP contribution in [0.3, 0.4) is 0 Å². The van der Waals surface area contributed by atoms with Gasteiger partial charge in [0.2, 0.25) is 0 Å². The van der Waals surface area contributed by atoms with Crippen LogP contribution < -0.4 is 10.0 Å². The molecule has 13 heteroatoms. The molecule has 0 bridgehead atoms. The van der Waals surface area contributed by atoms with Crippen LogP contribution in [0.4, 0.5) is 10.5 Å². The molecule has 0 saturated heterocycles. The molecule has 0 fully saturated rings. The predicted octanol–water partition coefficient (Wildman–Crippen LogP) is 3.55. The third-order valence-electron chi connectivity index (χ3n) is 6.91. The second-order valence-electron chi connectivity index (χ2n) is 9.52. The number of benzene rings is 3. The van der Waals surface area contributed by atoms with Gasteiger partial charge in [-0.05, 0) is 35.9 Å². The minimum absolute atomic E-state index is 0.0305. The van der Waals surface area contributed by atoms with Gasteiger partial charge in [-0.2, -0.15) is 4.99 Å². The molecule has 5 aromatic rings. The summed E-state index contributed by atoms with van der Waals surface area (Å²) in [5.74, 6) is 0.0374. The van der Waals surface area contributed by atoms with Gasteiger partial charge in [0.05, 0.1) is 36.5 Å². The number of amides is 1. The van der Waals surface area contributed by atoms with Gasteiger partial charge in [0.1, 0.15) is 23.1 Å². The number of pyridine rings is 1. The van der Waals surface area contributed by atoms with E-state index in [-0.39, 0.29) is 16.4 Å². The third kappa shape index (κ3) is 5.88. The van der Waals surface area contributed by atoms with E-state index in [1.54, 1.807) is 54.6 Å². The van der Waals surface area contributed by atoms with Crippen molar-refractivity contribution in [1.29, 1.82) is 0 Å². The zero-order valence-electron chi connectivity index (χ0n) is 23.6. The van der Waals surface area contributed by atoms with E-state index in [4.69, 9.17) is 15.5 Å². The molecule has 0 atom stereocenters. The maximum absolute atomic E-state index is 14.0. The molecule has 220 valence electrons. The zero-order chi connectivity index (χ0) is 30.7. The Bertz CT molecular complexity index is 1980. The molecule has 5 rings (SSSR count). The number of aliphatic imine (C=N–C) groups is 1. The lowest BCUT2D eigenvalue weighted by Crippen LogP contribution is -2.36. The first-order valence-electron chi connectivity index (χ1n) is 13.0. The number of imidazole rings is 1. The maximum atomic E-state index is 14.0. The van der Waals surface area contributed by atoms with E-state index in [9.17, 15) is 18.0 Å². The SMILES string of the molecule is COC(=O)CN(c1ccc2c(c1)nc(Cc1ccc(C(N)=NC(=O)OC)cc1)n2C)S(=O)(=O)c1cccc2cccnc12. The lowest BCUT2D eigenvalue weighted by molar-refractivity contribution is -0.138. The van der Waals surface area contributed by atoms with E-state index in [1.807, 2.05) is 23.7 Å². The number of sulfonamides is 1. The van der Waals surface area contributed by atoms with Crippen LogP contribution in [0.25, 0.3) is 21.9 Å². The number of hydrogen-bond acceptors (Lipinski definition) is 8. The second kappa shape index (κ2) is 11.9. The highest BCUT2D eigenvalue weighted by molar-refractivity contribution is 7.93. The number of methoxy groups -OCH3 is 2. The van der Waals surface area contributed by atoms with E-state index < -0.39 is 28.6 Å². The van der Waals surface area contributed by atoms with Crippen LogP contribution in [0.15, 0.2) is 88.9 Å². The van der Waals surface area contributed by atoms with Gasteiger partial charge in [-0.3, -0.25) is 14.1 Å². The summed E-state index contributed by atoms with van der Waals surface area (Å²) >= 11 is 0. The van der Waals surface area contributed by atoms with Crippen molar-refractivity contribution in [2.75, 3.05) is 25.1 Å². The van der Waals surface area contributed by atoms with Crippen LogP contribution in [0.2, 0.25) is 0 Å². The highest BCUT2D eigenvalue weighted by atomic mass is 32.2. The van der Waals surface area contributed by atoms with Gasteiger partial charge in [-0.15, -0.1) is 0 Å². The number of nitrogens with zero attached hydrogens (tertiary/aromatic N) is 5. The molecule has 3 aromatic carbocycles. The summed E-state index contributed by atoms with van der Waals surface area (Å²) in [6.07, 6.45) is 1.19. The lowest BCUT2D eigenvalue weighted by Gasteiger charge is -2.24. The number of ether oxygens (including phenoxy) is 2. The fourth-order valence-corrected chi connectivity index (χ4v) is 6.21. The Hall–Kier alpha value is -5.30. The van der Waals surface area contributed by atoms with Crippen LogP contribution in [-0.4, -0.2) is 61.6 Å². The number of rotatable bonds is 8. The zero-order valence-corrected chi connectivity index (χ0v) is 24.4.